The minimum atomic E-state index is -0.986. The Labute approximate surface area is 103 Å². The Balaban J connectivity index is 4.26. The van der Waals surface area contributed by atoms with E-state index in [0.717, 1.165) is 12.8 Å². The Morgan fingerprint density at radius 2 is 1.76 bits per heavy atom. The summed E-state index contributed by atoms with van der Waals surface area (Å²) in [6.07, 6.45) is 2.00. The van der Waals surface area contributed by atoms with Crippen molar-refractivity contribution in [2.75, 3.05) is 0 Å². The van der Waals surface area contributed by atoms with Gasteiger partial charge in [0.1, 0.15) is 6.04 Å². The number of carbonyl (C=O) groups excluding carboxylic acids is 1. The van der Waals surface area contributed by atoms with Gasteiger partial charge in [-0.3, -0.25) is 0 Å². The molecule has 0 fully saturated rings. The summed E-state index contributed by atoms with van der Waals surface area (Å²) in [5, 5.41) is 14.2. The second-order valence-electron chi connectivity index (χ2n) is 4.56. The molecule has 0 aromatic heterocycles. The number of carboxylic acids is 1. The molecule has 5 heteroatoms. The van der Waals surface area contributed by atoms with E-state index in [1.165, 1.54) is 0 Å². The number of carboxylic acid groups (broad SMARTS) is 1. The third-order valence-corrected chi connectivity index (χ3v) is 2.74. The second kappa shape index (κ2) is 7.92. The fourth-order valence-corrected chi connectivity index (χ4v) is 1.65. The third-order valence-electron chi connectivity index (χ3n) is 2.74. The van der Waals surface area contributed by atoms with Crippen LogP contribution in [0.3, 0.4) is 0 Å². The lowest BCUT2D eigenvalue weighted by Gasteiger charge is -2.22. The Morgan fingerprint density at radius 1 is 1.18 bits per heavy atom. The summed E-state index contributed by atoms with van der Waals surface area (Å²) >= 11 is 0. The van der Waals surface area contributed by atoms with Crippen LogP contribution in [0.4, 0.5) is 4.79 Å². The van der Waals surface area contributed by atoms with Gasteiger partial charge in [0.25, 0.3) is 0 Å². The normalized spacial score (nSPS) is 14.2. The number of carbonyl (C=O) groups is 2. The molecule has 0 saturated carbocycles. The molecular weight excluding hydrogens is 220 g/mol. The van der Waals surface area contributed by atoms with Crippen molar-refractivity contribution in [3.8, 4) is 0 Å². The highest BCUT2D eigenvalue weighted by Crippen LogP contribution is 2.05. The molecule has 0 aliphatic rings. The molecule has 0 spiro atoms. The van der Waals surface area contributed by atoms with Crippen LogP contribution in [0.25, 0.3) is 0 Å². The summed E-state index contributed by atoms with van der Waals surface area (Å²) in [5.74, 6) is -0.653. The van der Waals surface area contributed by atoms with Crippen LogP contribution in [-0.2, 0) is 4.79 Å². The molecule has 1 unspecified atom stereocenters. The fraction of sp³-hybridized carbons (Fsp3) is 0.833. The van der Waals surface area contributed by atoms with E-state index in [4.69, 9.17) is 5.11 Å². The molecule has 0 bridgehead atoms. The van der Waals surface area contributed by atoms with Gasteiger partial charge in [-0.15, -0.1) is 0 Å². The quantitative estimate of drug-likeness (QED) is 0.640. The number of amides is 2. The highest BCUT2D eigenvalue weighted by Gasteiger charge is 2.20. The molecule has 0 saturated heterocycles. The average molecular weight is 244 g/mol. The maximum Gasteiger partial charge on any atom is 0.326 e. The van der Waals surface area contributed by atoms with Crippen LogP contribution in [0.1, 0.15) is 47.0 Å². The number of aliphatic carboxylic acids is 1. The smallest absolute Gasteiger partial charge is 0.326 e. The Kier molecular flexibility index (Phi) is 7.34. The summed E-state index contributed by atoms with van der Waals surface area (Å²) < 4.78 is 0. The molecule has 17 heavy (non-hydrogen) atoms. The van der Waals surface area contributed by atoms with Crippen LogP contribution in [0.5, 0.6) is 0 Å². The Morgan fingerprint density at radius 3 is 2.12 bits per heavy atom. The van der Waals surface area contributed by atoms with Crippen LogP contribution >= 0.6 is 0 Å². The lowest BCUT2D eigenvalue weighted by atomic mass is 10.0. The summed E-state index contributed by atoms with van der Waals surface area (Å²) in [4.78, 5) is 22.5. The van der Waals surface area contributed by atoms with E-state index in [1.54, 1.807) is 0 Å². The first-order valence-corrected chi connectivity index (χ1v) is 6.22. The van der Waals surface area contributed by atoms with Crippen molar-refractivity contribution >= 4 is 12.0 Å². The summed E-state index contributed by atoms with van der Waals surface area (Å²) in [6, 6.07) is -1.12. The summed E-state index contributed by atoms with van der Waals surface area (Å²) in [7, 11) is 0. The van der Waals surface area contributed by atoms with Crippen molar-refractivity contribution in [2.24, 2.45) is 5.92 Å². The molecule has 0 heterocycles. The fourth-order valence-electron chi connectivity index (χ4n) is 1.65. The highest BCUT2D eigenvalue weighted by molar-refractivity contribution is 5.82. The van der Waals surface area contributed by atoms with Crippen molar-refractivity contribution in [3.05, 3.63) is 0 Å². The van der Waals surface area contributed by atoms with Crippen LogP contribution in [0.2, 0.25) is 0 Å². The van der Waals surface area contributed by atoms with Crippen molar-refractivity contribution in [1.29, 1.82) is 0 Å². The van der Waals surface area contributed by atoms with E-state index in [1.807, 2.05) is 27.7 Å². The van der Waals surface area contributed by atoms with E-state index in [2.05, 4.69) is 10.6 Å². The topological polar surface area (TPSA) is 78.4 Å². The van der Waals surface area contributed by atoms with Crippen molar-refractivity contribution in [1.82, 2.24) is 10.6 Å². The number of hydrogen-bond acceptors (Lipinski definition) is 2. The zero-order chi connectivity index (χ0) is 13.4. The van der Waals surface area contributed by atoms with E-state index in [-0.39, 0.29) is 6.04 Å². The highest BCUT2D eigenvalue weighted by atomic mass is 16.4. The van der Waals surface area contributed by atoms with Crippen LogP contribution in [0.15, 0.2) is 0 Å². The molecule has 2 atom stereocenters. The molecule has 0 aromatic rings. The Hall–Kier alpha value is -1.26. The minimum absolute atomic E-state index is 0.0751. The van der Waals surface area contributed by atoms with E-state index in [0.29, 0.717) is 12.3 Å². The second-order valence-corrected chi connectivity index (χ2v) is 4.56. The van der Waals surface area contributed by atoms with Gasteiger partial charge in [-0.1, -0.05) is 34.1 Å². The number of nitrogens with one attached hydrogen (secondary N) is 2. The zero-order valence-electron chi connectivity index (χ0n) is 11.1. The number of urea groups is 1. The van der Waals surface area contributed by atoms with Crippen molar-refractivity contribution in [3.63, 3.8) is 0 Å². The van der Waals surface area contributed by atoms with Gasteiger partial charge in [0.2, 0.25) is 0 Å². The number of hydrogen-bond donors (Lipinski definition) is 3. The molecule has 0 radical (unpaired) electrons. The molecule has 5 nitrogen and oxygen atoms in total. The molecule has 0 aliphatic heterocycles. The van der Waals surface area contributed by atoms with Crippen LogP contribution in [0, 0.1) is 5.92 Å². The van der Waals surface area contributed by atoms with Gasteiger partial charge in [0.05, 0.1) is 0 Å². The van der Waals surface area contributed by atoms with Gasteiger partial charge >= 0.3 is 12.0 Å². The molecule has 3 N–H and O–H groups in total. The first kappa shape index (κ1) is 15.7. The van der Waals surface area contributed by atoms with Crippen LogP contribution in [-0.4, -0.2) is 29.2 Å². The standard InChI is InChI=1S/C12H24N2O3/c1-5-7-10(11(15)16)14-12(17)13-9(6-2)8(3)4/h8-10H,5-7H2,1-4H3,(H,15,16)(H2,13,14,17)/t9?,10-/m0/s1. The molecular formula is C12H24N2O3. The average Bonchev–Trinajstić information content (AvgIpc) is 2.24. The molecule has 100 valence electrons. The molecule has 0 aliphatic carbocycles. The van der Waals surface area contributed by atoms with Gasteiger partial charge in [0, 0.05) is 6.04 Å². The predicted molar refractivity (Wildman–Crippen MR) is 66.9 cm³/mol. The van der Waals surface area contributed by atoms with Gasteiger partial charge in [0.15, 0.2) is 0 Å². The summed E-state index contributed by atoms with van der Waals surface area (Å²) in [6.45, 7) is 7.93. The van der Waals surface area contributed by atoms with E-state index >= 15 is 0 Å². The first-order valence-electron chi connectivity index (χ1n) is 6.22. The third kappa shape index (κ3) is 6.14. The van der Waals surface area contributed by atoms with Gasteiger partial charge in [-0.2, -0.15) is 0 Å². The first-order chi connectivity index (χ1) is 7.92. The van der Waals surface area contributed by atoms with Gasteiger partial charge in [-0.25, -0.2) is 9.59 Å². The summed E-state index contributed by atoms with van der Waals surface area (Å²) in [5.41, 5.74) is 0. The van der Waals surface area contributed by atoms with E-state index < -0.39 is 18.0 Å². The Bertz CT molecular complexity index is 254. The van der Waals surface area contributed by atoms with Crippen molar-refractivity contribution < 1.29 is 14.7 Å². The lowest BCUT2D eigenvalue weighted by Crippen LogP contribution is -2.50. The van der Waals surface area contributed by atoms with Gasteiger partial charge in [-0.05, 0) is 18.8 Å². The largest absolute Gasteiger partial charge is 0.480 e. The van der Waals surface area contributed by atoms with E-state index in [9.17, 15) is 9.59 Å². The van der Waals surface area contributed by atoms with Gasteiger partial charge < -0.3 is 15.7 Å². The maximum absolute atomic E-state index is 11.6. The monoisotopic (exact) mass is 244 g/mol. The zero-order valence-corrected chi connectivity index (χ0v) is 11.1. The minimum Gasteiger partial charge on any atom is -0.480 e. The SMILES string of the molecule is CCC[C@H](NC(=O)NC(CC)C(C)C)C(=O)O. The van der Waals surface area contributed by atoms with Crippen LogP contribution < -0.4 is 10.6 Å². The number of rotatable bonds is 7. The van der Waals surface area contributed by atoms with Crippen molar-refractivity contribution in [2.45, 2.75) is 59.0 Å². The molecule has 0 aromatic carbocycles. The molecule has 0 rings (SSSR count). The predicted octanol–water partition coefficient (Wildman–Crippen LogP) is 1.97. The molecule has 2 amide bonds. The maximum atomic E-state index is 11.6. The lowest BCUT2D eigenvalue weighted by molar-refractivity contribution is -0.139.